The molecule has 0 bridgehead atoms. The molecule has 3 rings (SSSR count). The second kappa shape index (κ2) is 7.98. The number of piperidine rings is 1. The van der Waals surface area contributed by atoms with Crippen LogP contribution < -0.4 is 5.32 Å². The normalized spacial score (nSPS) is 17.6. The van der Waals surface area contributed by atoms with E-state index in [1.807, 2.05) is 23.9 Å². The van der Waals surface area contributed by atoms with Gasteiger partial charge in [-0.1, -0.05) is 0 Å². The highest BCUT2D eigenvalue weighted by Crippen LogP contribution is 2.26. The molecule has 132 valence electrons. The van der Waals surface area contributed by atoms with Crippen molar-refractivity contribution in [2.24, 2.45) is 0 Å². The Morgan fingerprint density at radius 1 is 1.24 bits per heavy atom. The maximum atomic E-state index is 12.3. The van der Waals surface area contributed by atoms with Gasteiger partial charge in [-0.3, -0.25) is 14.8 Å². The van der Waals surface area contributed by atoms with E-state index in [9.17, 15) is 4.79 Å². The third-order valence-corrected chi connectivity index (χ3v) is 4.12. The molecule has 1 N–H and O–H groups in total. The fourth-order valence-electron chi connectivity index (χ4n) is 2.95. The lowest BCUT2D eigenvalue weighted by atomic mass is 9.95. The maximum absolute atomic E-state index is 12.3. The van der Waals surface area contributed by atoms with Crippen molar-refractivity contribution in [1.29, 1.82) is 0 Å². The lowest BCUT2D eigenvalue weighted by Gasteiger charge is -2.33. The molecule has 1 amide bonds. The first kappa shape index (κ1) is 17.2. The predicted molar refractivity (Wildman–Crippen MR) is 94.5 cm³/mol. The quantitative estimate of drug-likeness (QED) is 0.876. The van der Waals surface area contributed by atoms with Crippen molar-refractivity contribution in [1.82, 2.24) is 29.7 Å². The van der Waals surface area contributed by atoms with E-state index in [1.165, 1.54) is 0 Å². The number of carbonyl (C=O) groups is 1. The van der Waals surface area contributed by atoms with Crippen LogP contribution in [-0.4, -0.2) is 69.4 Å². The van der Waals surface area contributed by atoms with Gasteiger partial charge in [-0.15, -0.1) is 0 Å². The van der Waals surface area contributed by atoms with Gasteiger partial charge in [0, 0.05) is 37.6 Å². The van der Waals surface area contributed by atoms with Crippen LogP contribution in [0.15, 0.2) is 31.0 Å². The van der Waals surface area contributed by atoms with Gasteiger partial charge in [0.25, 0.3) is 0 Å². The lowest BCUT2D eigenvalue weighted by molar-refractivity contribution is -0.133. The Kier molecular flexibility index (Phi) is 5.49. The van der Waals surface area contributed by atoms with E-state index in [0.29, 0.717) is 24.7 Å². The molecule has 0 spiro atoms. The van der Waals surface area contributed by atoms with Crippen LogP contribution in [0.4, 0.5) is 11.6 Å². The zero-order chi connectivity index (χ0) is 17.6. The molecule has 0 saturated carbocycles. The zero-order valence-corrected chi connectivity index (χ0v) is 14.6. The van der Waals surface area contributed by atoms with Crippen LogP contribution in [0.1, 0.15) is 24.5 Å². The second-order valence-electron chi connectivity index (χ2n) is 6.46. The zero-order valence-electron chi connectivity index (χ0n) is 14.6. The average molecular weight is 341 g/mol. The van der Waals surface area contributed by atoms with Crippen LogP contribution >= 0.6 is 0 Å². The number of aromatic nitrogens is 4. The number of nitrogens with one attached hydrogen (secondary N) is 1. The van der Waals surface area contributed by atoms with Gasteiger partial charge < -0.3 is 15.1 Å². The van der Waals surface area contributed by atoms with Gasteiger partial charge in [-0.05, 0) is 26.9 Å². The summed E-state index contributed by atoms with van der Waals surface area (Å²) in [4.78, 5) is 33.3. The first-order valence-electron chi connectivity index (χ1n) is 8.39. The van der Waals surface area contributed by atoms with Gasteiger partial charge in [0.05, 0.1) is 24.6 Å². The highest BCUT2D eigenvalue weighted by Gasteiger charge is 2.26. The Bertz CT molecular complexity index is 707. The summed E-state index contributed by atoms with van der Waals surface area (Å²) >= 11 is 0. The van der Waals surface area contributed by atoms with E-state index in [2.05, 4.69) is 25.3 Å². The van der Waals surface area contributed by atoms with Crippen LogP contribution in [-0.2, 0) is 4.79 Å². The van der Waals surface area contributed by atoms with E-state index in [4.69, 9.17) is 0 Å². The molecule has 0 radical (unpaired) electrons. The van der Waals surface area contributed by atoms with Crippen molar-refractivity contribution in [2.75, 3.05) is 39.0 Å². The van der Waals surface area contributed by atoms with Crippen molar-refractivity contribution in [3.8, 4) is 0 Å². The number of carbonyl (C=O) groups excluding carboxylic acids is 1. The molecule has 8 heteroatoms. The van der Waals surface area contributed by atoms with Gasteiger partial charge in [-0.25, -0.2) is 9.97 Å². The van der Waals surface area contributed by atoms with E-state index >= 15 is 0 Å². The molecule has 0 aromatic carbocycles. The third-order valence-electron chi connectivity index (χ3n) is 4.12. The van der Waals surface area contributed by atoms with E-state index < -0.39 is 0 Å². The number of likely N-dealkylation sites (tertiary alicyclic amines) is 1. The summed E-state index contributed by atoms with van der Waals surface area (Å²) in [5.74, 6) is 1.63. The van der Waals surface area contributed by atoms with Crippen molar-refractivity contribution < 1.29 is 4.79 Å². The topological polar surface area (TPSA) is 87.1 Å². The van der Waals surface area contributed by atoms with Gasteiger partial charge in [0.2, 0.25) is 5.91 Å². The Labute approximate surface area is 147 Å². The van der Waals surface area contributed by atoms with Gasteiger partial charge in [0.1, 0.15) is 11.6 Å². The minimum Gasteiger partial charge on any atom is -0.341 e. The number of rotatable bonds is 5. The van der Waals surface area contributed by atoms with E-state index in [1.54, 1.807) is 31.0 Å². The fraction of sp³-hybridized carbons (Fsp3) is 0.471. The summed E-state index contributed by atoms with van der Waals surface area (Å²) in [6.45, 7) is 1.94. The largest absolute Gasteiger partial charge is 0.341 e. The van der Waals surface area contributed by atoms with Crippen molar-refractivity contribution >= 4 is 17.5 Å². The van der Waals surface area contributed by atoms with Crippen molar-refractivity contribution in [2.45, 2.75) is 18.8 Å². The lowest BCUT2D eigenvalue weighted by Crippen LogP contribution is -2.43. The molecule has 1 atom stereocenters. The van der Waals surface area contributed by atoms with Crippen LogP contribution in [0, 0.1) is 0 Å². The maximum Gasteiger partial charge on any atom is 0.236 e. The van der Waals surface area contributed by atoms with Gasteiger partial charge >= 0.3 is 0 Å². The highest BCUT2D eigenvalue weighted by atomic mass is 16.2. The first-order chi connectivity index (χ1) is 12.1. The minimum absolute atomic E-state index is 0.163. The minimum atomic E-state index is 0.163. The Balaban J connectivity index is 1.69. The van der Waals surface area contributed by atoms with Gasteiger partial charge in [-0.2, -0.15) is 0 Å². The number of amides is 1. The molecule has 0 aliphatic carbocycles. The SMILES string of the molecule is CN(C)CC(=O)N1CCC[C@@H](c2cncc(Nc3cnccn3)n2)C1. The van der Waals surface area contributed by atoms with E-state index in [0.717, 1.165) is 25.1 Å². The molecule has 0 unspecified atom stereocenters. The molecule has 1 aliphatic heterocycles. The predicted octanol–water partition coefficient (Wildman–Crippen LogP) is 1.28. The summed E-state index contributed by atoms with van der Waals surface area (Å²) in [7, 11) is 3.82. The molecule has 1 saturated heterocycles. The molecular weight excluding hydrogens is 318 g/mol. The van der Waals surface area contributed by atoms with Gasteiger partial charge in [0.15, 0.2) is 0 Å². The van der Waals surface area contributed by atoms with Crippen molar-refractivity contribution in [3.63, 3.8) is 0 Å². The highest BCUT2D eigenvalue weighted by molar-refractivity contribution is 5.78. The van der Waals surface area contributed by atoms with Crippen LogP contribution in [0.5, 0.6) is 0 Å². The number of hydrogen-bond acceptors (Lipinski definition) is 7. The molecule has 25 heavy (non-hydrogen) atoms. The molecule has 3 heterocycles. The second-order valence-corrected chi connectivity index (χ2v) is 6.46. The molecule has 8 nitrogen and oxygen atoms in total. The summed E-state index contributed by atoms with van der Waals surface area (Å²) in [5, 5.41) is 3.11. The standard InChI is InChI=1S/C17H23N7O/c1-23(2)12-17(25)24-7-3-4-13(11-24)14-8-19-10-16(21-14)22-15-9-18-5-6-20-15/h5-6,8-10,13H,3-4,7,11-12H2,1-2H3,(H,20,21,22)/t13-/m1/s1. The molecule has 1 aliphatic rings. The summed E-state index contributed by atoms with van der Waals surface area (Å²) in [6.07, 6.45) is 10.3. The first-order valence-corrected chi connectivity index (χ1v) is 8.39. The van der Waals surface area contributed by atoms with Crippen LogP contribution in [0.2, 0.25) is 0 Å². The average Bonchev–Trinajstić information content (AvgIpc) is 2.62. The molecule has 2 aromatic rings. The third kappa shape index (κ3) is 4.69. The Morgan fingerprint density at radius 3 is 2.84 bits per heavy atom. The number of nitrogens with zero attached hydrogens (tertiary/aromatic N) is 6. The summed E-state index contributed by atoms with van der Waals surface area (Å²) < 4.78 is 0. The molecular formula is C17H23N7O. The summed E-state index contributed by atoms with van der Waals surface area (Å²) in [5.41, 5.74) is 0.899. The monoisotopic (exact) mass is 341 g/mol. The molecule has 2 aromatic heterocycles. The number of likely N-dealkylation sites (N-methyl/N-ethyl adjacent to an activating group) is 1. The Morgan fingerprint density at radius 2 is 2.08 bits per heavy atom. The number of hydrogen-bond donors (Lipinski definition) is 1. The van der Waals surface area contributed by atoms with Crippen LogP contribution in [0.25, 0.3) is 0 Å². The van der Waals surface area contributed by atoms with E-state index in [-0.39, 0.29) is 11.8 Å². The van der Waals surface area contributed by atoms with Crippen molar-refractivity contribution in [3.05, 3.63) is 36.7 Å². The summed E-state index contributed by atoms with van der Waals surface area (Å²) in [6, 6.07) is 0. The van der Waals surface area contributed by atoms with Crippen LogP contribution in [0.3, 0.4) is 0 Å². The molecule has 1 fully saturated rings. The fourth-order valence-corrected chi connectivity index (χ4v) is 2.95. The number of anilines is 2. The Hall–Kier alpha value is -2.61. The smallest absolute Gasteiger partial charge is 0.236 e.